The Hall–Kier alpha value is -0.610. The Morgan fingerprint density at radius 1 is 1.88 bits per heavy atom. The Bertz CT molecular complexity index is 115. The van der Waals surface area contributed by atoms with Crippen molar-refractivity contribution >= 4 is 5.97 Å². The third-order valence-electron chi connectivity index (χ3n) is 1.14. The molecule has 0 saturated carbocycles. The molecule has 0 radical (unpaired) electrons. The number of aliphatic carboxylic acids is 1. The first-order valence-corrected chi connectivity index (χ1v) is 2.19. The summed E-state index contributed by atoms with van der Waals surface area (Å²) in [6, 6.07) is 0. The van der Waals surface area contributed by atoms with E-state index in [1.54, 1.807) is 0 Å². The molecule has 8 heavy (non-hydrogen) atoms. The van der Waals surface area contributed by atoms with Crippen molar-refractivity contribution in [3.05, 3.63) is 0 Å². The van der Waals surface area contributed by atoms with E-state index in [4.69, 9.17) is 10.2 Å². The smallest absolute Gasteiger partial charge is 0.340 e. The van der Waals surface area contributed by atoms with E-state index in [9.17, 15) is 4.79 Å². The van der Waals surface area contributed by atoms with Gasteiger partial charge in [0.15, 0.2) is 0 Å². The average Bonchev–Trinajstić information content (AvgIpc) is 2.44. The van der Waals surface area contributed by atoms with Gasteiger partial charge in [0.1, 0.15) is 0 Å². The van der Waals surface area contributed by atoms with E-state index >= 15 is 0 Å². The fraction of sp³-hybridized carbons (Fsp3) is 0.750. The first-order valence-electron chi connectivity index (χ1n) is 2.19. The number of carboxylic acids is 1. The second-order valence-electron chi connectivity index (χ2n) is 1.75. The van der Waals surface area contributed by atoms with Crippen molar-refractivity contribution in [1.29, 1.82) is 0 Å². The molecular formula is C4H6O4. The van der Waals surface area contributed by atoms with Crippen LogP contribution >= 0.6 is 0 Å². The number of aliphatic hydroxyl groups is 1. The van der Waals surface area contributed by atoms with E-state index in [0.717, 1.165) is 0 Å². The van der Waals surface area contributed by atoms with Crippen LogP contribution in [0.3, 0.4) is 0 Å². The molecule has 0 bridgehead atoms. The second-order valence-corrected chi connectivity index (χ2v) is 1.75. The lowest BCUT2D eigenvalue weighted by atomic mass is 10.2. The first kappa shape index (κ1) is 5.53. The van der Waals surface area contributed by atoms with Gasteiger partial charge in [0.2, 0.25) is 5.60 Å². The molecule has 0 aromatic carbocycles. The number of rotatable bonds is 2. The molecule has 0 aromatic rings. The van der Waals surface area contributed by atoms with Gasteiger partial charge in [-0.25, -0.2) is 4.79 Å². The lowest BCUT2D eigenvalue weighted by Gasteiger charge is -1.96. The van der Waals surface area contributed by atoms with E-state index in [1.807, 2.05) is 0 Å². The van der Waals surface area contributed by atoms with Crippen LogP contribution in [-0.2, 0) is 9.53 Å². The van der Waals surface area contributed by atoms with E-state index < -0.39 is 18.2 Å². The molecule has 4 heteroatoms. The number of aliphatic hydroxyl groups excluding tert-OH is 1. The summed E-state index contributed by atoms with van der Waals surface area (Å²) in [4.78, 5) is 10.0. The predicted molar refractivity (Wildman–Crippen MR) is 23.4 cm³/mol. The fourth-order valence-electron chi connectivity index (χ4n) is 0.370. The summed E-state index contributed by atoms with van der Waals surface area (Å²) in [6.07, 6.45) is 0. The lowest BCUT2D eigenvalue weighted by molar-refractivity contribution is -0.144. The average molecular weight is 118 g/mol. The number of hydrogen-bond acceptors (Lipinski definition) is 3. The Labute approximate surface area is 45.7 Å². The molecule has 0 amide bonds. The zero-order valence-electron chi connectivity index (χ0n) is 4.13. The quantitative estimate of drug-likeness (QED) is 0.448. The molecule has 4 nitrogen and oxygen atoms in total. The van der Waals surface area contributed by atoms with Gasteiger partial charge in [0.05, 0.1) is 13.2 Å². The number of ether oxygens (including phenoxy) is 1. The maximum atomic E-state index is 10.0. The van der Waals surface area contributed by atoms with Crippen LogP contribution < -0.4 is 0 Å². The largest absolute Gasteiger partial charge is 0.479 e. The van der Waals surface area contributed by atoms with Crippen LogP contribution in [0.2, 0.25) is 0 Å². The normalized spacial score (nSPS) is 34.6. The third-order valence-corrected chi connectivity index (χ3v) is 1.14. The van der Waals surface area contributed by atoms with Crippen molar-refractivity contribution in [3.63, 3.8) is 0 Å². The zero-order valence-corrected chi connectivity index (χ0v) is 4.13. The highest BCUT2D eigenvalue weighted by atomic mass is 16.6. The molecule has 0 spiro atoms. The van der Waals surface area contributed by atoms with E-state index in [1.165, 1.54) is 0 Å². The summed E-state index contributed by atoms with van der Waals surface area (Å²) in [6.45, 7) is -0.291. The van der Waals surface area contributed by atoms with Crippen LogP contribution in [0.15, 0.2) is 0 Å². The minimum atomic E-state index is -1.24. The van der Waals surface area contributed by atoms with Crippen molar-refractivity contribution in [2.75, 3.05) is 13.2 Å². The highest BCUT2D eigenvalue weighted by Crippen LogP contribution is 2.25. The monoisotopic (exact) mass is 118 g/mol. The molecule has 0 aromatic heterocycles. The molecule has 1 fully saturated rings. The number of carbonyl (C=O) groups is 1. The van der Waals surface area contributed by atoms with Crippen LogP contribution in [0.5, 0.6) is 0 Å². The molecular weight excluding hydrogens is 112 g/mol. The van der Waals surface area contributed by atoms with Gasteiger partial charge in [0.25, 0.3) is 0 Å². The van der Waals surface area contributed by atoms with Crippen molar-refractivity contribution < 1.29 is 19.7 Å². The van der Waals surface area contributed by atoms with Gasteiger partial charge in [-0.1, -0.05) is 0 Å². The summed E-state index contributed by atoms with van der Waals surface area (Å²) < 4.78 is 4.46. The highest BCUT2D eigenvalue weighted by Gasteiger charge is 2.52. The van der Waals surface area contributed by atoms with E-state index in [-0.39, 0.29) is 6.61 Å². The van der Waals surface area contributed by atoms with Crippen molar-refractivity contribution in [3.8, 4) is 0 Å². The van der Waals surface area contributed by atoms with Crippen molar-refractivity contribution in [2.45, 2.75) is 5.60 Å². The summed E-state index contributed by atoms with van der Waals surface area (Å²) in [5.74, 6) is -1.08. The van der Waals surface area contributed by atoms with E-state index in [0.29, 0.717) is 0 Å². The van der Waals surface area contributed by atoms with Gasteiger partial charge >= 0.3 is 5.97 Å². The zero-order chi connectivity index (χ0) is 6.20. The Balaban J connectivity index is 2.53. The Morgan fingerprint density at radius 2 is 2.38 bits per heavy atom. The molecule has 1 aliphatic heterocycles. The highest BCUT2D eigenvalue weighted by molar-refractivity contribution is 5.80. The maximum absolute atomic E-state index is 10.0. The molecule has 1 rings (SSSR count). The summed E-state index contributed by atoms with van der Waals surface area (Å²) >= 11 is 0. The van der Waals surface area contributed by atoms with Crippen LogP contribution in [0.25, 0.3) is 0 Å². The molecule has 1 saturated heterocycles. The molecule has 1 heterocycles. The standard InChI is InChI=1S/C4H6O4/c5-1-4(2-8-4)3(6)7/h5H,1-2H2,(H,6,7)/t4-/m1/s1. The van der Waals surface area contributed by atoms with Crippen LogP contribution in [0.1, 0.15) is 0 Å². The summed E-state index contributed by atoms with van der Waals surface area (Å²) in [5, 5.41) is 16.5. The van der Waals surface area contributed by atoms with Gasteiger partial charge < -0.3 is 14.9 Å². The van der Waals surface area contributed by atoms with Crippen LogP contribution in [0, 0.1) is 0 Å². The van der Waals surface area contributed by atoms with Gasteiger partial charge in [-0.2, -0.15) is 0 Å². The Kier molecular flexibility index (Phi) is 0.988. The number of carboxylic acid groups (broad SMARTS) is 1. The second kappa shape index (κ2) is 1.43. The van der Waals surface area contributed by atoms with Crippen LogP contribution in [0.4, 0.5) is 0 Å². The first-order chi connectivity index (χ1) is 3.71. The summed E-state index contributed by atoms with van der Waals surface area (Å²) in [5.41, 5.74) is -1.24. The lowest BCUT2D eigenvalue weighted by Crippen LogP contribution is -2.27. The molecule has 1 atom stereocenters. The fourth-order valence-corrected chi connectivity index (χ4v) is 0.370. The molecule has 0 unspecified atom stereocenters. The minimum Gasteiger partial charge on any atom is -0.479 e. The molecule has 0 aliphatic carbocycles. The SMILES string of the molecule is O=C(O)[C@@]1(CO)CO1. The van der Waals surface area contributed by atoms with Gasteiger partial charge in [-0.15, -0.1) is 0 Å². The molecule has 2 N–H and O–H groups in total. The Morgan fingerprint density at radius 3 is 2.38 bits per heavy atom. The minimum absolute atomic E-state index is 0.138. The third kappa shape index (κ3) is 0.579. The maximum Gasteiger partial charge on any atom is 0.340 e. The number of epoxide rings is 1. The van der Waals surface area contributed by atoms with Crippen molar-refractivity contribution in [1.82, 2.24) is 0 Å². The van der Waals surface area contributed by atoms with Gasteiger partial charge in [-0.3, -0.25) is 0 Å². The summed E-state index contributed by atoms with van der Waals surface area (Å²) in [7, 11) is 0. The molecule has 1 aliphatic rings. The number of hydrogen-bond donors (Lipinski definition) is 2. The predicted octanol–water partition coefficient (Wildman–Crippen LogP) is -1.17. The molecule has 46 valence electrons. The van der Waals surface area contributed by atoms with Gasteiger partial charge in [-0.05, 0) is 0 Å². The topological polar surface area (TPSA) is 70.1 Å². The van der Waals surface area contributed by atoms with Crippen LogP contribution in [-0.4, -0.2) is 35.0 Å². The van der Waals surface area contributed by atoms with Crippen molar-refractivity contribution in [2.24, 2.45) is 0 Å². The van der Waals surface area contributed by atoms with E-state index in [2.05, 4.69) is 4.74 Å². The van der Waals surface area contributed by atoms with Gasteiger partial charge in [0, 0.05) is 0 Å².